The van der Waals surface area contributed by atoms with Crippen molar-refractivity contribution >= 4 is 21.6 Å². The maximum absolute atomic E-state index is 12.8. The molecule has 3 rings (SSSR count). The summed E-state index contributed by atoms with van der Waals surface area (Å²) in [7, 11) is -3.55. The van der Waals surface area contributed by atoms with Gasteiger partial charge in [0.05, 0.1) is 11.1 Å². The first kappa shape index (κ1) is 18.3. The second kappa shape index (κ2) is 7.84. The Labute approximate surface area is 153 Å². The molecule has 1 aliphatic rings. The fourth-order valence-corrected chi connectivity index (χ4v) is 4.33. The van der Waals surface area contributed by atoms with E-state index in [1.54, 1.807) is 30.6 Å². The molecule has 1 aromatic carbocycles. The Hall–Kier alpha value is -2.45. The van der Waals surface area contributed by atoms with Crippen LogP contribution in [-0.4, -0.2) is 42.8 Å². The van der Waals surface area contributed by atoms with E-state index in [2.05, 4.69) is 10.3 Å². The summed E-state index contributed by atoms with van der Waals surface area (Å²) in [6, 6.07) is 9.85. The summed E-state index contributed by atoms with van der Waals surface area (Å²) in [4.78, 5) is 15.3. The molecule has 0 atom stereocenters. The zero-order chi connectivity index (χ0) is 18.6. The lowest BCUT2D eigenvalue weighted by atomic mass is 10.1. The van der Waals surface area contributed by atoms with Crippen molar-refractivity contribution in [1.82, 2.24) is 9.29 Å². The van der Waals surface area contributed by atoms with Crippen LogP contribution in [0.2, 0.25) is 0 Å². The number of ether oxygens (including phenoxy) is 1. The van der Waals surface area contributed by atoms with Crippen LogP contribution in [0.25, 0.3) is 0 Å². The van der Waals surface area contributed by atoms with Gasteiger partial charge in [-0.1, -0.05) is 0 Å². The Morgan fingerprint density at radius 2 is 1.88 bits per heavy atom. The molecule has 0 aliphatic carbocycles. The van der Waals surface area contributed by atoms with Gasteiger partial charge < -0.3 is 10.1 Å². The number of amides is 1. The largest absolute Gasteiger partial charge is 0.489 e. The van der Waals surface area contributed by atoms with Crippen molar-refractivity contribution in [3.8, 4) is 5.75 Å². The average molecular weight is 375 g/mol. The molecular weight excluding hydrogens is 354 g/mol. The highest BCUT2D eigenvalue weighted by Crippen LogP contribution is 2.24. The van der Waals surface area contributed by atoms with Crippen LogP contribution >= 0.6 is 0 Å². The molecule has 2 aromatic rings. The van der Waals surface area contributed by atoms with E-state index in [0.717, 1.165) is 0 Å². The van der Waals surface area contributed by atoms with E-state index in [9.17, 15) is 13.2 Å². The lowest BCUT2D eigenvalue weighted by Gasteiger charge is -2.31. The molecule has 0 saturated carbocycles. The van der Waals surface area contributed by atoms with Crippen LogP contribution in [0.15, 0.2) is 53.7 Å². The summed E-state index contributed by atoms with van der Waals surface area (Å²) >= 11 is 0. The van der Waals surface area contributed by atoms with Gasteiger partial charge in [-0.3, -0.25) is 9.78 Å². The van der Waals surface area contributed by atoms with Gasteiger partial charge in [-0.2, -0.15) is 4.31 Å². The number of hydrogen-bond acceptors (Lipinski definition) is 5. The van der Waals surface area contributed by atoms with E-state index in [4.69, 9.17) is 4.74 Å². The number of pyridine rings is 1. The van der Waals surface area contributed by atoms with E-state index in [1.165, 1.54) is 23.4 Å². The summed E-state index contributed by atoms with van der Waals surface area (Å²) < 4.78 is 32.9. The van der Waals surface area contributed by atoms with Crippen LogP contribution in [0.3, 0.4) is 0 Å². The minimum absolute atomic E-state index is 0.0206. The Morgan fingerprint density at radius 3 is 2.46 bits per heavy atom. The first-order valence-corrected chi connectivity index (χ1v) is 9.83. The molecule has 1 N–H and O–H groups in total. The van der Waals surface area contributed by atoms with Crippen molar-refractivity contribution in [3.05, 3.63) is 48.8 Å². The Bertz CT molecular complexity index is 846. The Morgan fingerprint density at radius 1 is 1.19 bits per heavy atom. The number of nitrogens with zero attached hydrogens (tertiary/aromatic N) is 2. The normalized spacial score (nSPS) is 16.2. The molecule has 8 heteroatoms. The summed E-state index contributed by atoms with van der Waals surface area (Å²) in [6.07, 6.45) is 4.56. The highest BCUT2D eigenvalue weighted by molar-refractivity contribution is 7.89. The van der Waals surface area contributed by atoms with Gasteiger partial charge in [0.25, 0.3) is 0 Å². The van der Waals surface area contributed by atoms with Crippen molar-refractivity contribution in [2.45, 2.75) is 30.8 Å². The zero-order valence-electron chi connectivity index (χ0n) is 14.5. The number of nitrogens with one attached hydrogen (secondary N) is 1. The molecule has 1 aromatic heterocycles. The van der Waals surface area contributed by atoms with Gasteiger partial charge in [0.2, 0.25) is 15.9 Å². The van der Waals surface area contributed by atoms with Crippen molar-refractivity contribution in [1.29, 1.82) is 0 Å². The summed E-state index contributed by atoms with van der Waals surface area (Å²) in [5.41, 5.74) is 0.569. The Balaban J connectivity index is 1.61. The van der Waals surface area contributed by atoms with Gasteiger partial charge in [-0.05, 0) is 49.2 Å². The third-order valence-electron chi connectivity index (χ3n) is 4.15. The maximum atomic E-state index is 12.8. The number of carbonyl (C=O) groups excluding carboxylic acids is 1. The summed E-state index contributed by atoms with van der Waals surface area (Å²) in [5.74, 6) is 0.499. The number of piperidine rings is 1. The third-order valence-corrected chi connectivity index (χ3v) is 6.06. The predicted molar refractivity (Wildman–Crippen MR) is 97.4 cm³/mol. The van der Waals surface area contributed by atoms with E-state index in [-0.39, 0.29) is 16.9 Å². The zero-order valence-corrected chi connectivity index (χ0v) is 15.3. The molecule has 7 nitrogen and oxygen atoms in total. The minimum atomic E-state index is -3.55. The lowest BCUT2D eigenvalue weighted by Crippen LogP contribution is -2.41. The quantitative estimate of drug-likeness (QED) is 0.866. The number of sulfonamides is 1. The van der Waals surface area contributed by atoms with Crippen LogP contribution in [0.4, 0.5) is 5.69 Å². The van der Waals surface area contributed by atoms with Gasteiger partial charge in [0.1, 0.15) is 11.9 Å². The van der Waals surface area contributed by atoms with Crippen molar-refractivity contribution in [3.63, 3.8) is 0 Å². The SMILES string of the molecule is CC(=O)Nc1ccc(S(=O)(=O)N2CCC(Oc3cccnc3)CC2)cc1. The van der Waals surface area contributed by atoms with Gasteiger partial charge in [-0.15, -0.1) is 0 Å². The maximum Gasteiger partial charge on any atom is 0.243 e. The standard InChI is InChI=1S/C18H21N3O4S/c1-14(22)20-15-4-6-18(7-5-15)26(23,24)21-11-8-16(9-12-21)25-17-3-2-10-19-13-17/h2-7,10,13,16H,8-9,11-12H2,1H3,(H,20,22). The molecule has 0 bridgehead atoms. The Kier molecular flexibility index (Phi) is 5.53. The van der Waals surface area contributed by atoms with Crippen molar-refractivity contribution in [2.75, 3.05) is 18.4 Å². The van der Waals surface area contributed by atoms with Gasteiger partial charge in [0.15, 0.2) is 0 Å². The molecule has 1 aliphatic heterocycles. The van der Waals surface area contributed by atoms with Crippen LogP contribution in [0, 0.1) is 0 Å². The highest BCUT2D eigenvalue weighted by Gasteiger charge is 2.30. The fourth-order valence-electron chi connectivity index (χ4n) is 2.86. The van der Waals surface area contributed by atoms with Gasteiger partial charge >= 0.3 is 0 Å². The molecule has 0 spiro atoms. The van der Waals surface area contributed by atoms with E-state index in [0.29, 0.717) is 37.4 Å². The molecule has 0 unspecified atom stereocenters. The molecular formula is C18H21N3O4S. The minimum Gasteiger partial charge on any atom is -0.489 e. The lowest BCUT2D eigenvalue weighted by molar-refractivity contribution is -0.114. The van der Waals surface area contributed by atoms with Crippen molar-refractivity contribution in [2.24, 2.45) is 0 Å². The number of carbonyl (C=O) groups is 1. The van der Waals surface area contributed by atoms with E-state index >= 15 is 0 Å². The average Bonchev–Trinajstić information content (AvgIpc) is 2.63. The third kappa shape index (κ3) is 4.39. The second-order valence-corrected chi connectivity index (χ2v) is 8.05. The van der Waals surface area contributed by atoms with Crippen molar-refractivity contribution < 1.29 is 17.9 Å². The predicted octanol–water partition coefficient (Wildman–Crippen LogP) is 2.27. The number of benzene rings is 1. The number of hydrogen-bond donors (Lipinski definition) is 1. The molecule has 1 saturated heterocycles. The van der Waals surface area contributed by atoms with Gasteiger partial charge in [0, 0.05) is 31.9 Å². The smallest absolute Gasteiger partial charge is 0.243 e. The highest BCUT2D eigenvalue weighted by atomic mass is 32.2. The molecule has 26 heavy (non-hydrogen) atoms. The molecule has 138 valence electrons. The monoisotopic (exact) mass is 375 g/mol. The second-order valence-electron chi connectivity index (χ2n) is 6.12. The van der Waals surface area contributed by atoms with Gasteiger partial charge in [-0.25, -0.2) is 8.42 Å². The number of aromatic nitrogens is 1. The summed E-state index contributed by atoms with van der Waals surface area (Å²) in [6.45, 7) is 2.21. The first-order chi connectivity index (χ1) is 12.4. The fraction of sp³-hybridized carbons (Fsp3) is 0.333. The molecule has 2 heterocycles. The number of anilines is 1. The van der Waals surface area contributed by atoms with Crippen LogP contribution in [0.5, 0.6) is 5.75 Å². The molecule has 1 fully saturated rings. The molecule has 0 radical (unpaired) electrons. The number of rotatable bonds is 5. The molecule has 1 amide bonds. The van der Waals surface area contributed by atoms with Crippen LogP contribution in [0.1, 0.15) is 19.8 Å². The van der Waals surface area contributed by atoms with Crippen LogP contribution < -0.4 is 10.1 Å². The first-order valence-electron chi connectivity index (χ1n) is 8.39. The van der Waals surface area contributed by atoms with E-state index in [1.807, 2.05) is 6.07 Å². The van der Waals surface area contributed by atoms with Crippen LogP contribution in [-0.2, 0) is 14.8 Å². The van der Waals surface area contributed by atoms with E-state index < -0.39 is 10.0 Å². The topological polar surface area (TPSA) is 88.6 Å². The summed E-state index contributed by atoms with van der Waals surface area (Å²) in [5, 5.41) is 2.62.